The van der Waals surface area contributed by atoms with Crippen molar-refractivity contribution in [2.75, 3.05) is 0 Å². The summed E-state index contributed by atoms with van der Waals surface area (Å²) < 4.78 is 16.0. The van der Waals surface area contributed by atoms with Crippen molar-refractivity contribution in [3.63, 3.8) is 0 Å². The topological polar surface area (TPSA) is 17.1 Å². The Morgan fingerprint density at radius 3 is 2.16 bits per heavy atom. The monoisotopic (exact) mass is 446 g/mol. The summed E-state index contributed by atoms with van der Waals surface area (Å²) in [5.74, 6) is 3.26. The predicted octanol–water partition coefficient (Wildman–Crippen LogP) is 9.23. The zero-order valence-corrected chi connectivity index (χ0v) is 21.3. The van der Waals surface area contributed by atoms with Gasteiger partial charge >= 0.3 is 0 Å². The molecule has 4 fully saturated rings. The quantitative estimate of drug-likeness (QED) is 0.322. The Morgan fingerprint density at radius 1 is 0.781 bits per heavy atom. The maximum atomic E-state index is 16.0. The molecule has 32 heavy (non-hydrogen) atoms. The molecule has 0 heterocycles. The first kappa shape index (κ1) is 24.7. The second kappa shape index (κ2) is 10.9. The molecule has 0 aromatic heterocycles. The summed E-state index contributed by atoms with van der Waals surface area (Å²) in [5, 5.41) is 0. The van der Waals surface area contributed by atoms with Gasteiger partial charge in [-0.25, -0.2) is 4.39 Å². The van der Waals surface area contributed by atoms with E-state index in [1.807, 2.05) is 0 Å². The molecule has 0 aliphatic heterocycles. The van der Waals surface area contributed by atoms with Gasteiger partial charge in [-0.3, -0.25) is 4.79 Å². The molecule has 4 atom stereocenters. The number of ketones is 1. The standard InChI is InChI=1S/C30H51FO/c1-3-5-6-7-9-13-23-14-16-24(17-15-23)25-18-21-30(26(22-25)12-4-2)27(31)29(28(30)32)19-10-8-11-20-29/h23-27H,3-22H2,1-2H3/t23?,24?,25?,26-,27-,30+/m1/s1. The molecule has 4 aliphatic rings. The van der Waals surface area contributed by atoms with Crippen LogP contribution in [0.15, 0.2) is 0 Å². The second-order valence-electron chi connectivity index (χ2n) is 12.5. The van der Waals surface area contributed by atoms with Gasteiger partial charge in [0.2, 0.25) is 0 Å². The molecule has 0 aromatic rings. The molecule has 4 rings (SSSR count). The van der Waals surface area contributed by atoms with Crippen LogP contribution < -0.4 is 0 Å². The van der Waals surface area contributed by atoms with Crippen LogP contribution in [0.5, 0.6) is 0 Å². The minimum Gasteiger partial charge on any atom is -0.298 e. The lowest BCUT2D eigenvalue weighted by Gasteiger charge is -2.64. The molecule has 2 heteroatoms. The summed E-state index contributed by atoms with van der Waals surface area (Å²) in [4.78, 5) is 13.7. The van der Waals surface area contributed by atoms with Gasteiger partial charge in [0.15, 0.2) is 5.78 Å². The van der Waals surface area contributed by atoms with Crippen molar-refractivity contribution in [1.29, 1.82) is 0 Å². The predicted molar refractivity (Wildman–Crippen MR) is 132 cm³/mol. The van der Waals surface area contributed by atoms with Crippen molar-refractivity contribution in [2.45, 2.75) is 148 Å². The molecule has 1 nitrogen and oxygen atoms in total. The van der Waals surface area contributed by atoms with E-state index in [-0.39, 0.29) is 0 Å². The Kier molecular flexibility index (Phi) is 8.42. The van der Waals surface area contributed by atoms with Crippen LogP contribution in [0.25, 0.3) is 0 Å². The minimum atomic E-state index is -0.844. The highest BCUT2D eigenvalue weighted by atomic mass is 19.1. The van der Waals surface area contributed by atoms with Gasteiger partial charge in [0, 0.05) is 0 Å². The summed E-state index contributed by atoms with van der Waals surface area (Å²) in [5.41, 5.74) is -1.15. The SMILES string of the molecule is CCCCCCCC1CCC(C2CC[C@]3(C(=O)C4(CCCCC4)[C@H]3F)[C@H](CCC)C2)CC1. The number of Topliss-reactive ketones (excluding diaryl/α,β-unsaturated/α-hetero) is 1. The van der Waals surface area contributed by atoms with E-state index in [4.69, 9.17) is 0 Å². The van der Waals surface area contributed by atoms with Gasteiger partial charge < -0.3 is 0 Å². The number of hydrogen-bond acceptors (Lipinski definition) is 1. The van der Waals surface area contributed by atoms with E-state index in [0.717, 1.165) is 75.5 Å². The molecular formula is C30H51FO. The van der Waals surface area contributed by atoms with E-state index in [1.165, 1.54) is 70.6 Å². The molecule has 2 spiro atoms. The molecule has 4 saturated carbocycles. The van der Waals surface area contributed by atoms with Crippen LogP contribution in [0.4, 0.5) is 4.39 Å². The van der Waals surface area contributed by atoms with E-state index < -0.39 is 17.0 Å². The minimum absolute atomic E-state index is 0.317. The molecule has 0 saturated heterocycles. The van der Waals surface area contributed by atoms with E-state index in [1.54, 1.807) is 0 Å². The van der Waals surface area contributed by atoms with Crippen LogP contribution >= 0.6 is 0 Å². The molecular weight excluding hydrogens is 395 g/mol. The van der Waals surface area contributed by atoms with Crippen molar-refractivity contribution in [3.05, 3.63) is 0 Å². The van der Waals surface area contributed by atoms with Gasteiger partial charge in [-0.05, 0) is 75.0 Å². The zero-order chi connectivity index (χ0) is 22.6. The molecule has 0 radical (unpaired) electrons. The third-order valence-electron chi connectivity index (χ3n) is 10.7. The molecule has 0 aromatic carbocycles. The fourth-order valence-corrected chi connectivity index (χ4v) is 8.86. The van der Waals surface area contributed by atoms with Crippen LogP contribution in [0.3, 0.4) is 0 Å². The van der Waals surface area contributed by atoms with E-state index in [0.29, 0.717) is 11.7 Å². The average molecular weight is 447 g/mol. The van der Waals surface area contributed by atoms with Crippen molar-refractivity contribution >= 4 is 5.78 Å². The first-order valence-corrected chi connectivity index (χ1v) is 14.8. The lowest BCUT2D eigenvalue weighted by Crippen LogP contribution is -2.71. The summed E-state index contributed by atoms with van der Waals surface area (Å²) >= 11 is 0. The molecule has 1 unspecified atom stereocenters. The number of alkyl halides is 1. The van der Waals surface area contributed by atoms with Crippen molar-refractivity contribution in [2.24, 2.45) is 34.5 Å². The number of unbranched alkanes of at least 4 members (excludes halogenated alkanes) is 4. The van der Waals surface area contributed by atoms with Crippen molar-refractivity contribution in [3.8, 4) is 0 Å². The van der Waals surface area contributed by atoms with Crippen molar-refractivity contribution < 1.29 is 9.18 Å². The number of carbonyl (C=O) groups is 1. The number of hydrogen-bond donors (Lipinski definition) is 0. The lowest BCUT2D eigenvalue weighted by atomic mass is 9.39. The second-order valence-corrected chi connectivity index (χ2v) is 12.5. The maximum absolute atomic E-state index is 16.0. The van der Waals surface area contributed by atoms with Gasteiger partial charge in [0.25, 0.3) is 0 Å². The number of carbonyl (C=O) groups excluding carboxylic acids is 1. The van der Waals surface area contributed by atoms with Gasteiger partial charge in [0.1, 0.15) is 6.17 Å². The Hall–Kier alpha value is -0.400. The first-order chi connectivity index (χ1) is 15.6. The highest BCUT2D eigenvalue weighted by molar-refractivity contribution is 5.99. The Morgan fingerprint density at radius 2 is 1.50 bits per heavy atom. The Labute approximate surface area is 198 Å². The van der Waals surface area contributed by atoms with E-state index >= 15 is 4.39 Å². The molecule has 4 aliphatic carbocycles. The zero-order valence-electron chi connectivity index (χ0n) is 21.3. The number of halogens is 1. The molecule has 0 bridgehead atoms. The van der Waals surface area contributed by atoms with Gasteiger partial charge in [-0.15, -0.1) is 0 Å². The van der Waals surface area contributed by atoms with Crippen LogP contribution in [0.2, 0.25) is 0 Å². The van der Waals surface area contributed by atoms with Crippen LogP contribution in [-0.4, -0.2) is 12.0 Å². The summed E-state index contributed by atoms with van der Waals surface area (Å²) in [6.45, 7) is 4.53. The van der Waals surface area contributed by atoms with E-state index in [2.05, 4.69) is 13.8 Å². The van der Waals surface area contributed by atoms with Crippen molar-refractivity contribution in [1.82, 2.24) is 0 Å². The van der Waals surface area contributed by atoms with Gasteiger partial charge in [-0.1, -0.05) is 90.9 Å². The first-order valence-electron chi connectivity index (χ1n) is 14.8. The van der Waals surface area contributed by atoms with Crippen LogP contribution in [-0.2, 0) is 4.79 Å². The molecule has 184 valence electrons. The summed E-state index contributed by atoms with van der Waals surface area (Å²) in [7, 11) is 0. The summed E-state index contributed by atoms with van der Waals surface area (Å²) in [6.07, 6.45) is 23.5. The van der Waals surface area contributed by atoms with Crippen LogP contribution in [0.1, 0.15) is 142 Å². The third-order valence-corrected chi connectivity index (χ3v) is 10.7. The van der Waals surface area contributed by atoms with Crippen LogP contribution in [0, 0.1) is 34.5 Å². The Balaban J connectivity index is 1.30. The summed E-state index contributed by atoms with van der Waals surface area (Å²) in [6, 6.07) is 0. The largest absolute Gasteiger partial charge is 0.298 e. The normalized spacial score (nSPS) is 39.3. The fourth-order valence-electron chi connectivity index (χ4n) is 8.86. The third kappa shape index (κ3) is 4.47. The highest BCUT2D eigenvalue weighted by Gasteiger charge is 2.73. The Bertz CT molecular complexity index is 600. The molecule has 0 N–H and O–H groups in total. The van der Waals surface area contributed by atoms with Gasteiger partial charge in [-0.2, -0.15) is 0 Å². The fraction of sp³-hybridized carbons (Fsp3) is 0.967. The van der Waals surface area contributed by atoms with Gasteiger partial charge in [0.05, 0.1) is 10.8 Å². The molecule has 0 amide bonds. The highest BCUT2D eigenvalue weighted by Crippen LogP contribution is 2.68. The number of rotatable bonds is 9. The lowest BCUT2D eigenvalue weighted by molar-refractivity contribution is -0.205. The average Bonchev–Trinajstić information content (AvgIpc) is 2.84. The smallest absolute Gasteiger partial charge is 0.151 e. The maximum Gasteiger partial charge on any atom is 0.151 e. The van der Waals surface area contributed by atoms with E-state index in [9.17, 15) is 4.79 Å².